The number of rotatable bonds is 3. The number of halogens is 2. The summed E-state index contributed by atoms with van der Waals surface area (Å²) >= 11 is 11.8. The lowest BCUT2D eigenvalue weighted by atomic mass is 10.2. The van der Waals surface area contributed by atoms with Gasteiger partial charge in [0, 0.05) is 18.5 Å². The molecule has 0 aliphatic carbocycles. The third-order valence-corrected chi connectivity index (χ3v) is 5.89. The van der Waals surface area contributed by atoms with Crippen molar-refractivity contribution in [2.24, 2.45) is 0 Å². The molecule has 1 aliphatic rings. The van der Waals surface area contributed by atoms with Crippen LogP contribution in [0.5, 0.6) is 0 Å². The van der Waals surface area contributed by atoms with Gasteiger partial charge in [0.1, 0.15) is 11.3 Å². The first kappa shape index (κ1) is 15.1. The summed E-state index contributed by atoms with van der Waals surface area (Å²) in [6.07, 6.45) is 3.61. The Labute approximate surface area is 133 Å². The van der Waals surface area contributed by atoms with Gasteiger partial charge >= 0.3 is 0 Å². The van der Waals surface area contributed by atoms with Gasteiger partial charge in [0.2, 0.25) is 0 Å². The van der Waals surface area contributed by atoms with Crippen LogP contribution in [0.25, 0.3) is 11.2 Å². The zero-order chi connectivity index (χ0) is 15.0. The molecule has 0 N–H and O–H groups in total. The molecule has 0 amide bonds. The maximum atomic E-state index is 11.9. The summed E-state index contributed by atoms with van der Waals surface area (Å²) in [7, 11) is -3.00. The van der Waals surface area contributed by atoms with Gasteiger partial charge in [0.25, 0.3) is 0 Å². The SMILES string of the molecule is O=S1(=O)CCCC(n2c(CCCl)nc3cc(Cl)cnc32)C1. The third-order valence-electron chi connectivity index (χ3n) is 3.69. The van der Waals surface area contributed by atoms with Crippen LogP contribution < -0.4 is 0 Å². The lowest BCUT2D eigenvalue weighted by Crippen LogP contribution is -2.28. The molecule has 1 aliphatic heterocycles. The number of alkyl halides is 1. The van der Waals surface area contributed by atoms with Crippen LogP contribution in [0.15, 0.2) is 12.3 Å². The standard InChI is InChI=1S/C13H15Cl2N3O2S/c14-4-3-12-17-11-6-9(15)7-16-13(11)18(12)10-2-1-5-21(19,20)8-10/h6-7,10H,1-5,8H2. The van der Waals surface area contributed by atoms with Crippen LogP contribution in [0.1, 0.15) is 24.7 Å². The highest BCUT2D eigenvalue weighted by atomic mass is 35.5. The van der Waals surface area contributed by atoms with Crippen molar-refractivity contribution < 1.29 is 8.42 Å². The van der Waals surface area contributed by atoms with E-state index in [0.29, 0.717) is 34.9 Å². The molecule has 1 unspecified atom stereocenters. The highest BCUT2D eigenvalue weighted by Gasteiger charge is 2.29. The van der Waals surface area contributed by atoms with Crippen LogP contribution in [0, 0.1) is 0 Å². The van der Waals surface area contributed by atoms with Gasteiger partial charge in [-0.1, -0.05) is 11.6 Å². The van der Waals surface area contributed by atoms with Gasteiger partial charge < -0.3 is 4.57 Å². The van der Waals surface area contributed by atoms with Crippen molar-refractivity contribution in [3.05, 3.63) is 23.1 Å². The van der Waals surface area contributed by atoms with Gasteiger partial charge in [-0.3, -0.25) is 0 Å². The van der Waals surface area contributed by atoms with Gasteiger partial charge in [0.05, 0.1) is 22.6 Å². The highest BCUT2D eigenvalue weighted by molar-refractivity contribution is 7.91. The van der Waals surface area contributed by atoms with E-state index in [2.05, 4.69) is 9.97 Å². The van der Waals surface area contributed by atoms with E-state index in [1.165, 1.54) is 0 Å². The molecule has 3 heterocycles. The van der Waals surface area contributed by atoms with Crippen LogP contribution in [-0.2, 0) is 16.3 Å². The summed E-state index contributed by atoms with van der Waals surface area (Å²) in [5.41, 5.74) is 1.37. The van der Waals surface area contributed by atoms with Gasteiger partial charge in [-0.05, 0) is 18.9 Å². The molecule has 8 heteroatoms. The van der Waals surface area contributed by atoms with Gasteiger partial charge in [-0.2, -0.15) is 0 Å². The van der Waals surface area contributed by atoms with Crippen molar-refractivity contribution >= 4 is 44.2 Å². The predicted octanol–water partition coefficient (Wildman–Crippen LogP) is 2.62. The Kier molecular flexibility index (Phi) is 4.12. The molecule has 1 atom stereocenters. The minimum absolute atomic E-state index is 0.124. The van der Waals surface area contributed by atoms with Crippen molar-refractivity contribution in [1.82, 2.24) is 14.5 Å². The summed E-state index contributed by atoms with van der Waals surface area (Å²) in [6.45, 7) is 0. The van der Waals surface area contributed by atoms with E-state index in [9.17, 15) is 8.42 Å². The molecular formula is C13H15Cl2N3O2S. The average molecular weight is 348 g/mol. The molecule has 0 aromatic carbocycles. The fourth-order valence-corrected chi connectivity index (χ4v) is 4.85. The Bertz CT molecular complexity index is 773. The lowest BCUT2D eigenvalue weighted by Gasteiger charge is -2.25. The normalized spacial score (nSPS) is 21.7. The smallest absolute Gasteiger partial charge is 0.160 e. The fourth-order valence-electron chi connectivity index (χ4n) is 2.85. The van der Waals surface area contributed by atoms with Crippen LogP contribution in [0.2, 0.25) is 5.02 Å². The second kappa shape index (κ2) is 5.74. The number of nitrogens with zero attached hydrogens (tertiary/aromatic N) is 3. The molecule has 3 rings (SSSR count). The number of fused-ring (bicyclic) bond motifs is 1. The quantitative estimate of drug-likeness (QED) is 0.800. The number of sulfone groups is 1. The second-order valence-corrected chi connectivity index (χ2v) is 8.29. The molecule has 2 aromatic heterocycles. The molecule has 2 aromatic rings. The molecule has 0 spiro atoms. The number of aromatic nitrogens is 3. The van der Waals surface area contributed by atoms with E-state index in [-0.39, 0.29) is 17.5 Å². The van der Waals surface area contributed by atoms with E-state index in [4.69, 9.17) is 23.2 Å². The minimum Gasteiger partial charge on any atom is -0.309 e. The molecule has 5 nitrogen and oxygen atoms in total. The zero-order valence-corrected chi connectivity index (χ0v) is 13.6. The monoisotopic (exact) mass is 347 g/mol. The van der Waals surface area contributed by atoms with Crippen LogP contribution in [-0.4, -0.2) is 40.3 Å². The summed E-state index contributed by atoms with van der Waals surface area (Å²) in [5.74, 6) is 1.60. The first-order valence-corrected chi connectivity index (χ1v) is 9.52. The maximum Gasteiger partial charge on any atom is 0.160 e. The Morgan fingerprint density at radius 1 is 1.43 bits per heavy atom. The highest BCUT2D eigenvalue weighted by Crippen LogP contribution is 2.29. The van der Waals surface area contributed by atoms with Crippen LogP contribution in [0.3, 0.4) is 0 Å². The summed E-state index contributed by atoms with van der Waals surface area (Å²) < 4.78 is 25.8. The van der Waals surface area contributed by atoms with Crippen molar-refractivity contribution in [3.63, 3.8) is 0 Å². The summed E-state index contributed by atoms with van der Waals surface area (Å²) in [6, 6.07) is 1.62. The predicted molar refractivity (Wildman–Crippen MR) is 83.9 cm³/mol. The largest absolute Gasteiger partial charge is 0.309 e. The molecule has 0 saturated carbocycles. The van der Waals surface area contributed by atoms with Gasteiger partial charge in [-0.25, -0.2) is 18.4 Å². The van der Waals surface area contributed by atoms with Crippen molar-refractivity contribution in [3.8, 4) is 0 Å². The molecule has 0 radical (unpaired) electrons. The Hall–Kier alpha value is -0.850. The van der Waals surface area contributed by atoms with E-state index >= 15 is 0 Å². The van der Waals surface area contributed by atoms with Crippen LogP contribution in [0.4, 0.5) is 0 Å². The first-order valence-electron chi connectivity index (χ1n) is 6.79. The number of hydrogen-bond acceptors (Lipinski definition) is 4. The van der Waals surface area contributed by atoms with E-state index < -0.39 is 9.84 Å². The van der Waals surface area contributed by atoms with E-state index in [1.54, 1.807) is 12.3 Å². The number of hydrogen-bond donors (Lipinski definition) is 0. The molecule has 1 saturated heterocycles. The van der Waals surface area contributed by atoms with Crippen LogP contribution >= 0.6 is 23.2 Å². The third kappa shape index (κ3) is 3.03. The number of pyridine rings is 1. The molecule has 1 fully saturated rings. The lowest BCUT2D eigenvalue weighted by molar-refractivity contribution is 0.466. The zero-order valence-electron chi connectivity index (χ0n) is 11.3. The van der Waals surface area contributed by atoms with E-state index in [0.717, 1.165) is 12.2 Å². The van der Waals surface area contributed by atoms with Gasteiger partial charge in [0.15, 0.2) is 15.5 Å². The molecule has 0 bridgehead atoms. The molecule has 21 heavy (non-hydrogen) atoms. The second-order valence-electron chi connectivity index (χ2n) is 5.24. The van der Waals surface area contributed by atoms with Gasteiger partial charge in [-0.15, -0.1) is 11.6 Å². The summed E-state index contributed by atoms with van der Waals surface area (Å²) in [4.78, 5) is 8.86. The van der Waals surface area contributed by atoms with Crippen molar-refractivity contribution in [2.45, 2.75) is 25.3 Å². The molecule has 114 valence electrons. The number of imidazole rings is 1. The number of aryl methyl sites for hydroxylation is 1. The Balaban J connectivity index is 2.12. The Morgan fingerprint density at radius 2 is 2.24 bits per heavy atom. The fraction of sp³-hybridized carbons (Fsp3) is 0.538. The van der Waals surface area contributed by atoms with Crippen molar-refractivity contribution in [2.75, 3.05) is 17.4 Å². The minimum atomic E-state index is -3.00. The maximum absolute atomic E-state index is 11.9. The van der Waals surface area contributed by atoms with E-state index in [1.807, 2.05) is 4.57 Å². The summed E-state index contributed by atoms with van der Waals surface area (Å²) in [5, 5.41) is 0.515. The average Bonchev–Trinajstić information content (AvgIpc) is 2.75. The first-order chi connectivity index (χ1) is 10.00. The van der Waals surface area contributed by atoms with Crippen molar-refractivity contribution in [1.29, 1.82) is 0 Å². The molecular weight excluding hydrogens is 333 g/mol. The topological polar surface area (TPSA) is 64.8 Å². The Morgan fingerprint density at radius 3 is 2.95 bits per heavy atom.